The van der Waals surface area contributed by atoms with Gasteiger partial charge in [0.2, 0.25) is 0 Å². The van der Waals surface area contributed by atoms with Crippen LogP contribution in [0.2, 0.25) is 5.02 Å². The second-order valence-electron chi connectivity index (χ2n) is 4.71. The van der Waals surface area contributed by atoms with Crippen molar-refractivity contribution in [2.75, 3.05) is 11.1 Å². The van der Waals surface area contributed by atoms with Gasteiger partial charge < -0.3 is 16.4 Å². The molecule has 0 aromatic heterocycles. The smallest absolute Gasteiger partial charge is 0.263 e. The van der Waals surface area contributed by atoms with Crippen molar-refractivity contribution >= 4 is 28.9 Å². The van der Waals surface area contributed by atoms with Gasteiger partial charge in [0, 0.05) is 29.1 Å². The fourth-order valence-corrected chi connectivity index (χ4v) is 2.00. The number of nitrogens with one attached hydrogen (secondary N) is 2. The van der Waals surface area contributed by atoms with Crippen molar-refractivity contribution in [2.24, 2.45) is 0 Å². The Balaban J connectivity index is 1.98. The minimum atomic E-state index is -0.477. The van der Waals surface area contributed by atoms with Gasteiger partial charge in [0.25, 0.3) is 5.91 Å². The molecule has 0 atom stereocenters. The van der Waals surface area contributed by atoms with Gasteiger partial charge in [-0.25, -0.2) is 0 Å². The van der Waals surface area contributed by atoms with Crippen LogP contribution in [0.4, 0.5) is 11.4 Å². The standard InChI is InChI=1S/C17H15ClN4O/c18-16-4-2-1-3-12(16)10-22-17(23)13(9-19)11-21-15-7-5-14(20)6-8-15/h1-8,11,21H,10,20H2,(H,22,23)/b13-11-. The van der Waals surface area contributed by atoms with Gasteiger partial charge in [0.1, 0.15) is 11.6 Å². The number of carbonyl (C=O) groups excluding carboxylic acids is 1. The van der Waals surface area contributed by atoms with Crippen LogP contribution in [0.5, 0.6) is 0 Å². The number of nitrogen functional groups attached to an aromatic ring is 1. The number of rotatable bonds is 5. The predicted octanol–water partition coefficient (Wildman–Crippen LogP) is 3.06. The first-order valence-corrected chi connectivity index (χ1v) is 7.22. The van der Waals surface area contributed by atoms with Crippen LogP contribution in [-0.2, 0) is 11.3 Å². The molecule has 0 saturated heterocycles. The lowest BCUT2D eigenvalue weighted by molar-refractivity contribution is -0.117. The highest BCUT2D eigenvalue weighted by Crippen LogP contribution is 2.14. The van der Waals surface area contributed by atoms with Crippen LogP contribution in [-0.4, -0.2) is 5.91 Å². The number of hydrogen-bond acceptors (Lipinski definition) is 4. The van der Waals surface area contributed by atoms with Crippen LogP contribution in [0.25, 0.3) is 0 Å². The topological polar surface area (TPSA) is 90.9 Å². The Bertz CT molecular complexity index is 763. The van der Waals surface area contributed by atoms with Gasteiger partial charge >= 0.3 is 0 Å². The summed E-state index contributed by atoms with van der Waals surface area (Å²) in [6.45, 7) is 0.249. The second-order valence-corrected chi connectivity index (χ2v) is 5.12. The van der Waals surface area contributed by atoms with Crippen LogP contribution < -0.4 is 16.4 Å². The van der Waals surface area contributed by atoms with Crippen LogP contribution >= 0.6 is 11.6 Å². The molecule has 2 aromatic carbocycles. The van der Waals surface area contributed by atoms with Crippen molar-refractivity contribution in [2.45, 2.75) is 6.54 Å². The Labute approximate surface area is 139 Å². The van der Waals surface area contributed by atoms with Gasteiger partial charge in [-0.1, -0.05) is 29.8 Å². The van der Waals surface area contributed by atoms with Crippen molar-refractivity contribution in [3.8, 4) is 6.07 Å². The summed E-state index contributed by atoms with van der Waals surface area (Å²) < 4.78 is 0. The minimum Gasteiger partial charge on any atom is -0.399 e. The molecule has 0 unspecified atom stereocenters. The van der Waals surface area contributed by atoms with Gasteiger partial charge in [0.15, 0.2) is 0 Å². The number of halogens is 1. The van der Waals surface area contributed by atoms with Crippen molar-refractivity contribution in [3.63, 3.8) is 0 Å². The largest absolute Gasteiger partial charge is 0.399 e. The van der Waals surface area contributed by atoms with Crippen molar-refractivity contribution < 1.29 is 4.79 Å². The molecule has 0 heterocycles. The zero-order valence-corrected chi connectivity index (χ0v) is 13.0. The van der Waals surface area contributed by atoms with Crippen LogP contribution in [0.15, 0.2) is 60.3 Å². The minimum absolute atomic E-state index is 0.0334. The lowest BCUT2D eigenvalue weighted by Crippen LogP contribution is -2.24. The van der Waals surface area contributed by atoms with Gasteiger partial charge in [0.05, 0.1) is 0 Å². The molecule has 4 N–H and O–H groups in total. The van der Waals surface area contributed by atoms with E-state index in [0.29, 0.717) is 10.7 Å². The normalized spacial score (nSPS) is 10.7. The third-order valence-electron chi connectivity index (χ3n) is 3.06. The van der Waals surface area contributed by atoms with E-state index in [0.717, 1.165) is 11.3 Å². The summed E-state index contributed by atoms with van der Waals surface area (Å²) >= 11 is 6.02. The second kappa shape index (κ2) is 7.87. The van der Waals surface area contributed by atoms with Crippen LogP contribution in [0.3, 0.4) is 0 Å². The summed E-state index contributed by atoms with van der Waals surface area (Å²) in [5, 5.41) is 15.2. The van der Waals surface area contributed by atoms with E-state index in [1.807, 2.05) is 24.3 Å². The van der Waals surface area contributed by atoms with Crippen molar-refractivity contribution in [1.82, 2.24) is 5.32 Å². The Morgan fingerprint density at radius 2 is 1.91 bits per heavy atom. The highest BCUT2D eigenvalue weighted by Gasteiger charge is 2.09. The Hall–Kier alpha value is -2.97. The van der Waals surface area contributed by atoms with Gasteiger partial charge in [-0.3, -0.25) is 4.79 Å². The number of nitrogens with zero attached hydrogens (tertiary/aromatic N) is 1. The monoisotopic (exact) mass is 326 g/mol. The summed E-state index contributed by atoms with van der Waals surface area (Å²) in [4.78, 5) is 12.0. The molecular weight excluding hydrogens is 312 g/mol. The lowest BCUT2D eigenvalue weighted by atomic mass is 10.2. The molecule has 0 bridgehead atoms. The summed E-state index contributed by atoms with van der Waals surface area (Å²) in [7, 11) is 0. The number of benzene rings is 2. The van der Waals surface area contributed by atoms with E-state index in [9.17, 15) is 4.79 Å². The molecule has 6 heteroatoms. The average Bonchev–Trinajstić information content (AvgIpc) is 2.56. The first kappa shape index (κ1) is 16.4. The molecule has 116 valence electrons. The molecule has 0 aliphatic rings. The predicted molar refractivity (Wildman–Crippen MR) is 91.5 cm³/mol. The maximum Gasteiger partial charge on any atom is 0.263 e. The Morgan fingerprint density at radius 1 is 1.22 bits per heavy atom. The molecule has 0 fully saturated rings. The lowest BCUT2D eigenvalue weighted by Gasteiger charge is -2.07. The molecule has 1 amide bonds. The molecular formula is C17H15ClN4O. The van der Waals surface area contributed by atoms with E-state index in [-0.39, 0.29) is 12.1 Å². The molecule has 5 nitrogen and oxygen atoms in total. The number of nitrogens with two attached hydrogens (primary N) is 1. The first-order chi connectivity index (χ1) is 11.1. The average molecular weight is 327 g/mol. The van der Waals surface area contributed by atoms with Crippen LogP contribution in [0, 0.1) is 11.3 Å². The Morgan fingerprint density at radius 3 is 2.57 bits per heavy atom. The third-order valence-corrected chi connectivity index (χ3v) is 3.42. The van der Waals surface area contributed by atoms with Gasteiger partial charge in [-0.2, -0.15) is 5.26 Å². The summed E-state index contributed by atoms with van der Waals surface area (Å²) in [6, 6.07) is 16.0. The SMILES string of the molecule is N#C/C(=C/Nc1ccc(N)cc1)C(=O)NCc1ccccc1Cl. The molecule has 2 rings (SSSR count). The molecule has 0 saturated carbocycles. The Kier molecular flexibility index (Phi) is 5.61. The molecule has 0 aliphatic heterocycles. The van der Waals surface area contributed by atoms with Crippen LogP contribution in [0.1, 0.15) is 5.56 Å². The maximum atomic E-state index is 12.0. The van der Waals surface area contributed by atoms with E-state index in [4.69, 9.17) is 22.6 Å². The van der Waals surface area contributed by atoms with E-state index >= 15 is 0 Å². The van der Waals surface area contributed by atoms with E-state index in [1.165, 1.54) is 6.20 Å². The fraction of sp³-hybridized carbons (Fsp3) is 0.0588. The molecule has 2 aromatic rings. The number of nitriles is 1. The van der Waals surface area contributed by atoms with Gasteiger partial charge in [-0.15, -0.1) is 0 Å². The highest BCUT2D eigenvalue weighted by molar-refractivity contribution is 6.31. The summed E-state index contributed by atoms with van der Waals surface area (Å²) in [5.74, 6) is -0.477. The third kappa shape index (κ3) is 4.77. The van der Waals surface area contributed by atoms with Crippen molar-refractivity contribution in [1.29, 1.82) is 5.26 Å². The highest BCUT2D eigenvalue weighted by atomic mass is 35.5. The molecule has 0 radical (unpaired) electrons. The van der Waals surface area contributed by atoms with Crippen molar-refractivity contribution in [3.05, 3.63) is 70.9 Å². The molecule has 23 heavy (non-hydrogen) atoms. The quantitative estimate of drug-likeness (QED) is 0.447. The van der Waals surface area contributed by atoms with E-state index in [1.54, 1.807) is 30.3 Å². The summed E-state index contributed by atoms with van der Waals surface area (Å²) in [6.07, 6.45) is 1.35. The first-order valence-electron chi connectivity index (χ1n) is 6.84. The number of hydrogen-bond donors (Lipinski definition) is 3. The number of carbonyl (C=O) groups is 1. The molecule has 0 spiro atoms. The van der Waals surface area contributed by atoms with Gasteiger partial charge in [-0.05, 0) is 35.9 Å². The zero-order valence-electron chi connectivity index (χ0n) is 12.2. The van der Waals surface area contributed by atoms with E-state index in [2.05, 4.69) is 10.6 Å². The number of amides is 1. The molecule has 0 aliphatic carbocycles. The fourth-order valence-electron chi connectivity index (χ4n) is 1.80. The van der Waals surface area contributed by atoms with E-state index < -0.39 is 5.91 Å². The zero-order chi connectivity index (χ0) is 16.7. The maximum absolute atomic E-state index is 12.0. The number of anilines is 2. The summed E-state index contributed by atoms with van der Waals surface area (Å²) in [5.41, 5.74) is 7.71.